The molecule has 1 fully saturated rings. The average molecular weight is 294 g/mol. The van der Waals surface area contributed by atoms with Crippen molar-refractivity contribution in [3.05, 3.63) is 0 Å². The lowest BCUT2D eigenvalue weighted by atomic mass is 10.1. The van der Waals surface area contributed by atoms with Crippen LogP contribution in [0.25, 0.3) is 0 Å². The number of aliphatic hydroxyl groups is 1. The number of amides is 1. The Labute approximate surface area is 113 Å². The number of carbonyl (C=O) groups is 1. The Hall–Kier alpha value is -0.700. The zero-order valence-corrected chi connectivity index (χ0v) is 12.1. The summed E-state index contributed by atoms with van der Waals surface area (Å²) in [6, 6.07) is -0.964. The Bertz CT molecular complexity index is 411. The maximum atomic E-state index is 12.2. The SMILES string of the molecule is CC1COC(CO)CN1C(=O)C(N)CCS(C)(=O)=O. The lowest BCUT2D eigenvalue weighted by Gasteiger charge is -2.38. The predicted molar refractivity (Wildman–Crippen MR) is 70.3 cm³/mol. The second kappa shape index (κ2) is 6.65. The molecular formula is C11H22N2O5S. The fraction of sp³-hybridized carbons (Fsp3) is 0.909. The summed E-state index contributed by atoms with van der Waals surface area (Å²) in [5, 5.41) is 9.05. The molecule has 0 radical (unpaired) electrons. The van der Waals surface area contributed by atoms with Crippen LogP contribution in [-0.4, -0.2) is 74.3 Å². The molecule has 0 aromatic rings. The quantitative estimate of drug-likeness (QED) is 0.629. The van der Waals surface area contributed by atoms with Crippen LogP contribution in [0.15, 0.2) is 0 Å². The molecule has 1 rings (SSSR count). The minimum absolute atomic E-state index is 0.103. The van der Waals surface area contributed by atoms with E-state index in [1.807, 2.05) is 6.92 Å². The number of nitrogens with two attached hydrogens (primary N) is 1. The fourth-order valence-electron chi connectivity index (χ4n) is 1.91. The van der Waals surface area contributed by atoms with Crippen LogP contribution in [0.1, 0.15) is 13.3 Å². The minimum Gasteiger partial charge on any atom is -0.394 e. The second-order valence-electron chi connectivity index (χ2n) is 5.00. The van der Waals surface area contributed by atoms with Gasteiger partial charge in [0, 0.05) is 12.8 Å². The molecule has 0 bridgehead atoms. The summed E-state index contributed by atoms with van der Waals surface area (Å²) in [6.07, 6.45) is 0.816. The highest BCUT2D eigenvalue weighted by Gasteiger charge is 2.32. The molecule has 3 N–H and O–H groups in total. The molecule has 0 aromatic heterocycles. The van der Waals surface area contributed by atoms with E-state index in [9.17, 15) is 13.2 Å². The molecule has 0 aromatic carbocycles. The van der Waals surface area contributed by atoms with Crippen LogP contribution in [-0.2, 0) is 19.4 Å². The van der Waals surface area contributed by atoms with Crippen LogP contribution in [0.3, 0.4) is 0 Å². The number of rotatable bonds is 5. The summed E-state index contributed by atoms with van der Waals surface area (Å²) in [7, 11) is -3.13. The van der Waals surface area contributed by atoms with E-state index in [0.29, 0.717) is 6.61 Å². The number of nitrogens with zero attached hydrogens (tertiary/aromatic N) is 1. The van der Waals surface area contributed by atoms with E-state index in [4.69, 9.17) is 15.6 Å². The van der Waals surface area contributed by atoms with Gasteiger partial charge in [-0.3, -0.25) is 4.79 Å². The molecule has 1 aliphatic heterocycles. The van der Waals surface area contributed by atoms with Crippen LogP contribution in [0.2, 0.25) is 0 Å². The zero-order valence-electron chi connectivity index (χ0n) is 11.3. The predicted octanol–water partition coefficient (Wildman–Crippen LogP) is -1.64. The molecule has 112 valence electrons. The normalized spacial score (nSPS) is 26.2. The number of aliphatic hydroxyl groups excluding tert-OH is 1. The first kappa shape index (κ1) is 16.4. The molecule has 3 unspecified atom stereocenters. The first-order valence-electron chi connectivity index (χ1n) is 6.21. The average Bonchev–Trinajstić information content (AvgIpc) is 2.35. The Morgan fingerprint density at radius 2 is 2.21 bits per heavy atom. The van der Waals surface area contributed by atoms with Gasteiger partial charge in [0.15, 0.2) is 0 Å². The first-order valence-corrected chi connectivity index (χ1v) is 8.27. The monoisotopic (exact) mass is 294 g/mol. The Morgan fingerprint density at radius 3 is 2.74 bits per heavy atom. The van der Waals surface area contributed by atoms with Crippen molar-refractivity contribution in [2.75, 3.05) is 31.8 Å². The molecule has 0 spiro atoms. The van der Waals surface area contributed by atoms with Gasteiger partial charge in [0.05, 0.1) is 37.2 Å². The lowest BCUT2D eigenvalue weighted by Crippen LogP contribution is -2.56. The van der Waals surface area contributed by atoms with Crippen LogP contribution in [0.4, 0.5) is 0 Å². The van der Waals surface area contributed by atoms with Gasteiger partial charge in [0.25, 0.3) is 0 Å². The molecule has 1 aliphatic rings. The molecule has 19 heavy (non-hydrogen) atoms. The third-order valence-corrected chi connectivity index (χ3v) is 4.09. The van der Waals surface area contributed by atoms with E-state index >= 15 is 0 Å². The van der Waals surface area contributed by atoms with Crippen molar-refractivity contribution in [2.24, 2.45) is 5.73 Å². The highest BCUT2D eigenvalue weighted by atomic mass is 32.2. The number of hydrogen-bond donors (Lipinski definition) is 2. The molecule has 3 atom stereocenters. The smallest absolute Gasteiger partial charge is 0.239 e. The third kappa shape index (κ3) is 5.06. The van der Waals surface area contributed by atoms with Gasteiger partial charge in [-0.2, -0.15) is 0 Å². The van der Waals surface area contributed by atoms with Gasteiger partial charge in [-0.05, 0) is 13.3 Å². The van der Waals surface area contributed by atoms with Crippen LogP contribution in [0, 0.1) is 0 Å². The van der Waals surface area contributed by atoms with Gasteiger partial charge in [0.2, 0.25) is 5.91 Å². The van der Waals surface area contributed by atoms with E-state index in [1.54, 1.807) is 4.90 Å². The summed E-state index contributed by atoms with van der Waals surface area (Å²) in [5.41, 5.74) is 5.75. The van der Waals surface area contributed by atoms with Crippen molar-refractivity contribution in [2.45, 2.75) is 31.5 Å². The van der Waals surface area contributed by atoms with Gasteiger partial charge in [-0.1, -0.05) is 0 Å². The summed E-state index contributed by atoms with van der Waals surface area (Å²) < 4.78 is 27.5. The molecule has 1 amide bonds. The van der Waals surface area contributed by atoms with Gasteiger partial charge in [-0.15, -0.1) is 0 Å². The molecule has 1 saturated heterocycles. The van der Waals surface area contributed by atoms with Crippen LogP contribution in [0.5, 0.6) is 0 Å². The van der Waals surface area contributed by atoms with E-state index in [2.05, 4.69) is 0 Å². The highest BCUT2D eigenvalue weighted by Crippen LogP contribution is 2.13. The summed E-state index contributed by atoms with van der Waals surface area (Å²) >= 11 is 0. The minimum atomic E-state index is -3.13. The van der Waals surface area contributed by atoms with Crippen molar-refractivity contribution in [3.63, 3.8) is 0 Å². The Morgan fingerprint density at radius 1 is 1.58 bits per heavy atom. The van der Waals surface area contributed by atoms with Crippen molar-refractivity contribution >= 4 is 15.7 Å². The number of sulfone groups is 1. The zero-order chi connectivity index (χ0) is 14.6. The molecule has 8 heteroatoms. The van der Waals surface area contributed by atoms with E-state index < -0.39 is 22.0 Å². The topological polar surface area (TPSA) is 110 Å². The number of carbonyl (C=O) groups excluding carboxylic acids is 1. The molecular weight excluding hydrogens is 272 g/mol. The van der Waals surface area contributed by atoms with E-state index in [0.717, 1.165) is 6.26 Å². The van der Waals surface area contributed by atoms with E-state index in [-0.39, 0.29) is 37.3 Å². The van der Waals surface area contributed by atoms with E-state index in [1.165, 1.54) is 0 Å². The summed E-state index contributed by atoms with van der Waals surface area (Å²) in [4.78, 5) is 13.7. The molecule has 1 heterocycles. The standard InChI is InChI=1S/C11H22N2O5S/c1-8-7-18-9(6-14)5-13(8)11(15)10(12)3-4-19(2,16)17/h8-10,14H,3-7,12H2,1-2H3. The lowest BCUT2D eigenvalue weighted by molar-refractivity contribution is -0.147. The molecule has 0 saturated carbocycles. The summed E-state index contributed by atoms with van der Waals surface area (Å²) in [5.74, 6) is -0.403. The number of hydrogen-bond acceptors (Lipinski definition) is 6. The Kier molecular flexibility index (Phi) is 5.72. The van der Waals surface area contributed by atoms with Crippen molar-refractivity contribution in [1.29, 1.82) is 0 Å². The number of ether oxygens (including phenoxy) is 1. The molecule has 7 nitrogen and oxygen atoms in total. The Balaban J connectivity index is 2.59. The fourth-order valence-corrected chi connectivity index (χ4v) is 2.59. The molecule has 0 aliphatic carbocycles. The largest absolute Gasteiger partial charge is 0.394 e. The van der Waals surface area contributed by atoms with Crippen molar-refractivity contribution in [1.82, 2.24) is 4.90 Å². The van der Waals surface area contributed by atoms with Crippen LogP contribution < -0.4 is 5.73 Å². The van der Waals surface area contributed by atoms with Crippen LogP contribution >= 0.6 is 0 Å². The number of morpholine rings is 1. The summed E-state index contributed by atoms with van der Waals surface area (Å²) in [6.45, 7) is 2.29. The van der Waals surface area contributed by atoms with Gasteiger partial charge >= 0.3 is 0 Å². The van der Waals surface area contributed by atoms with Gasteiger partial charge < -0.3 is 20.5 Å². The highest BCUT2D eigenvalue weighted by molar-refractivity contribution is 7.90. The maximum absolute atomic E-state index is 12.2. The first-order chi connectivity index (χ1) is 8.74. The third-order valence-electron chi connectivity index (χ3n) is 3.11. The van der Waals surface area contributed by atoms with Gasteiger partial charge in [-0.25, -0.2) is 8.42 Å². The van der Waals surface area contributed by atoms with Crippen molar-refractivity contribution in [3.8, 4) is 0 Å². The maximum Gasteiger partial charge on any atom is 0.239 e. The van der Waals surface area contributed by atoms with Crippen molar-refractivity contribution < 1.29 is 23.1 Å². The van der Waals surface area contributed by atoms with Gasteiger partial charge in [0.1, 0.15) is 9.84 Å². The second-order valence-corrected chi connectivity index (χ2v) is 7.26.